The first kappa shape index (κ1) is 24.4. The maximum atomic E-state index is 12.0. The van der Waals surface area contributed by atoms with Gasteiger partial charge in [-0.25, -0.2) is 0 Å². The van der Waals surface area contributed by atoms with Crippen LogP contribution >= 0.6 is 0 Å². The summed E-state index contributed by atoms with van der Waals surface area (Å²) in [6, 6.07) is 27.7. The van der Waals surface area contributed by atoms with Crippen molar-refractivity contribution in [2.45, 2.75) is 31.2 Å². The molecule has 3 aromatic rings. The topological polar surface area (TPSA) is 62.2 Å². The Morgan fingerprint density at radius 3 is 1.97 bits per heavy atom. The normalized spacial score (nSPS) is 16.3. The second kappa shape index (κ2) is 11.6. The Labute approximate surface area is 202 Å². The lowest BCUT2D eigenvalue weighted by atomic mass is 9.72. The molecule has 0 bridgehead atoms. The molecule has 1 heterocycles. The minimum absolute atomic E-state index is 0.108. The highest BCUT2D eigenvalue weighted by Crippen LogP contribution is 2.41. The predicted octanol–water partition coefficient (Wildman–Crippen LogP) is 4.22. The summed E-state index contributed by atoms with van der Waals surface area (Å²) in [5.41, 5.74) is 1.91. The smallest absolute Gasteiger partial charge is 0.118 e. The highest BCUT2D eigenvalue weighted by molar-refractivity contribution is 5.37. The first-order valence-electron chi connectivity index (χ1n) is 12.0. The van der Waals surface area contributed by atoms with Gasteiger partial charge in [0.05, 0.1) is 26.4 Å². The van der Waals surface area contributed by atoms with Crippen molar-refractivity contribution in [2.75, 3.05) is 33.4 Å². The van der Waals surface area contributed by atoms with Gasteiger partial charge < -0.3 is 24.6 Å². The zero-order valence-corrected chi connectivity index (χ0v) is 19.8. The van der Waals surface area contributed by atoms with Crippen LogP contribution in [0.25, 0.3) is 0 Å². The van der Waals surface area contributed by atoms with E-state index < -0.39 is 11.7 Å². The number of piperidine rings is 1. The molecule has 1 atom stereocenters. The molecule has 1 saturated heterocycles. The minimum Gasteiger partial charge on any atom is -0.497 e. The second-order valence-corrected chi connectivity index (χ2v) is 9.09. The Morgan fingerprint density at radius 2 is 1.44 bits per heavy atom. The van der Waals surface area contributed by atoms with Gasteiger partial charge in [-0.3, -0.25) is 0 Å². The van der Waals surface area contributed by atoms with E-state index in [9.17, 15) is 10.2 Å². The van der Waals surface area contributed by atoms with E-state index in [2.05, 4.69) is 4.90 Å². The lowest BCUT2D eigenvalue weighted by molar-refractivity contribution is -0.0294. The van der Waals surface area contributed by atoms with Crippen LogP contribution in [0.3, 0.4) is 0 Å². The number of benzene rings is 3. The van der Waals surface area contributed by atoms with Crippen molar-refractivity contribution in [2.24, 2.45) is 5.92 Å². The van der Waals surface area contributed by atoms with E-state index in [0.717, 1.165) is 48.4 Å². The van der Waals surface area contributed by atoms with E-state index in [1.807, 2.05) is 84.9 Å². The van der Waals surface area contributed by atoms with Crippen LogP contribution in [-0.4, -0.2) is 54.6 Å². The molecule has 0 aromatic heterocycles. The summed E-state index contributed by atoms with van der Waals surface area (Å²) in [5.74, 6) is 0.927. The first-order valence-corrected chi connectivity index (χ1v) is 12.0. The number of aliphatic hydroxyl groups excluding tert-OH is 1. The SMILES string of the molecule is COc1ccc(COCC(O)CN2CCC(C(O)(c3ccccc3)c3ccccc3)CC2)cc1. The molecule has 4 rings (SSSR count). The molecule has 5 heteroatoms. The zero-order chi connectivity index (χ0) is 23.8. The number of hydrogen-bond donors (Lipinski definition) is 2. The average Bonchev–Trinajstić information content (AvgIpc) is 2.90. The average molecular weight is 462 g/mol. The second-order valence-electron chi connectivity index (χ2n) is 9.09. The van der Waals surface area contributed by atoms with Gasteiger partial charge in [0.1, 0.15) is 11.4 Å². The monoisotopic (exact) mass is 461 g/mol. The van der Waals surface area contributed by atoms with Crippen molar-refractivity contribution >= 4 is 0 Å². The van der Waals surface area contributed by atoms with Crippen LogP contribution in [0, 0.1) is 5.92 Å². The van der Waals surface area contributed by atoms with Crippen molar-refractivity contribution in [1.82, 2.24) is 4.90 Å². The number of nitrogens with zero attached hydrogens (tertiary/aromatic N) is 1. The van der Waals surface area contributed by atoms with Gasteiger partial charge in [0.2, 0.25) is 0 Å². The van der Waals surface area contributed by atoms with Crippen molar-refractivity contribution in [3.8, 4) is 5.75 Å². The minimum atomic E-state index is -1.02. The van der Waals surface area contributed by atoms with Crippen LogP contribution in [-0.2, 0) is 16.9 Å². The molecule has 0 spiro atoms. The van der Waals surface area contributed by atoms with Gasteiger partial charge in [-0.2, -0.15) is 0 Å². The van der Waals surface area contributed by atoms with Crippen LogP contribution < -0.4 is 4.74 Å². The molecule has 1 aliphatic heterocycles. The fourth-order valence-electron chi connectivity index (χ4n) is 4.94. The van der Waals surface area contributed by atoms with Gasteiger partial charge >= 0.3 is 0 Å². The highest BCUT2D eigenvalue weighted by atomic mass is 16.5. The third-order valence-corrected chi connectivity index (χ3v) is 6.81. The quantitative estimate of drug-likeness (QED) is 0.473. The molecular formula is C29H35NO4. The summed E-state index contributed by atoms with van der Waals surface area (Å²) in [4.78, 5) is 2.27. The number of methoxy groups -OCH3 is 1. The molecule has 0 radical (unpaired) electrons. The van der Waals surface area contributed by atoms with Crippen molar-refractivity contribution < 1.29 is 19.7 Å². The molecule has 0 saturated carbocycles. The van der Waals surface area contributed by atoms with Gasteiger partial charge in [0.25, 0.3) is 0 Å². The number of hydrogen-bond acceptors (Lipinski definition) is 5. The Morgan fingerprint density at radius 1 is 0.882 bits per heavy atom. The molecule has 34 heavy (non-hydrogen) atoms. The van der Waals surface area contributed by atoms with Gasteiger partial charge in [-0.05, 0) is 60.7 Å². The lowest BCUT2D eigenvalue weighted by Crippen LogP contribution is -2.46. The van der Waals surface area contributed by atoms with E-state index in [-0.39, 0.29) is 5.92 Å². The fourth-order valence-corrected chi connectivity index (χ4v) is 4.94. The summed E-state index contributed by atoms with van der Waals surface area (Å²) in [6.45, 7) is 3.00. The van der Waals surface area contributed by atoms with Gasteiger partial charge in [0, 0.05) is 6.54 Å². The Bertz CT molecular complexity index is 946. The summed E-state index contributed by atoms with van der Waals surface area (Å²) in [6.07, 6.45) is 1.18. The third-order valence-electron chi connectivity index (χ3n) is 6.81. The van der Waals surface area contributed by atoms with Crippen molar-refractivity contribution in [3.63, 3.8) is 0 Å². The molecule has 1 unspecified atom stereocenters. The van der Waals surface area contributed by atoms with Crippen LogP contribution in [0.4, 0.5) is 0 Å². The fraction of sp³-hybridized carbons (Fsp3) is 0.379. The summed E-state index contributed by atoms with van der Waals surface area (Å²) >= 11 is 0. The molecule has 2 N–H and O–H groups in total. The number of rotatable bonds is 10. The Balaban J connectivity index is 1.30. The maximum Gasteiger partial charge on any atom is 0.118 e. The molecule has 1 fully saturated rings. The van der Waals surface area contributed by atoms with Crippen molar-refractivity contribution in [3.05, 3.63) is 102 Å². The van der Waals surface area contributed by atoms with E-state index in [1.165, 1.54) is 0 Å². The standard InChI is InChI=1S/C29H35NO4/c1-33-28-14-12-23(13-15-28)21-34-22-27(31)20-30-18-16-26(17-19-30)29(32,24-8-4-2-5-9-24)25-10-6-3-7-11-25/h2-15,26-27,31-32H,16-22H2,1H3. The van der Waals surface area contributed by atoms with Crippen molar-refractivity contribution in [1.29, 1.82) is 0 Å². The van der Waals surface area contributed by atoms with Crippen LogP contribution in [0.1, 0.15) is 29.5 Å². The molecular weight excluding hydrogens is 426 g/mol. The molecule has 1 aliphatic rings. The number of aliphatic hydroxyl groups is 2. The van der Waals surface area contributed by atoms with Gasteiger partial charge in [-0.1, -0.05) is 72.8 Å². The van der Waals surface area contributed by atoms with Crippen LogP contribution in [0.2, 0.25) is 0 Å². The summed E-state index contributed by atoms with van der Waals surface area (Å²) < 4.78 is 10.9. The molecule has 0 amide bonds. The van der Waals surface area contributed by atoms with Crippen LogP contribution in [0.5, 0.6) is 5.75 Å². The third kappa shape index (κ3) is 5.86. The van der Waals surface area contributed by atoms with E-state index in [1.54, 1.807) is 7.11 Å². The predicted molar refractivity (Wildman–Crippen MR) is 134 cm³/mol. The Hall–Kier alpha value is -2.70. The molecule has 3 aromatic carbocycles. The van der Waals surface area contributed by atoms with E-state index >= 15 is 0 Å². The number of β-amino-alcohol motifs (C(OH)–C–C–N with tert-alkyl or cyclic N) is 1. The first-order chi connectivity index (χ1) is 16.6. The van der Waals surface area contributed by atoms with E-state index in [4.69, 9.17) is 9.47 Å². The molecule has 0 aliphatic carbocycles. The van der Waals surface area contributed by atoms with E-state index in [0.29, 0.717) is 19.8 Å². The highest BCUT2D eigenvalue weighted by Gasteiger charge is 2.41. The zero-order valence-electron chi connectivity index (χ0n) is 19.8. The van der Waals surface area contributed by atoms with Crippen LogP contribution in [0.15, 0.2) is 84.9 Å². The van der Waals surface area contributed by atoms with Gasteiger partial charge in [0.15, 0.2) is 0 Å². The Kier molecular flexibility index (Phi) is 8.35. The summed E-state index contributed by atoms with van der Waals surface area (Å²) in [5, 5.41) is 22.5. The molecule has 5 nitrogen and oxygen atoms in total. The lowest BCUT2D eigenvalue weighted by Gasteiger charge is -2.42. The number of ether oxygens (including phenoxy) is 2. The summed E-state index contributed by atoms with van der Waals surface area (Å²) in [7, 11) is 1.65. The number of likely N-dealkylation sites (tertiary alicyclic amines) is 1. The largest absolute Gasteiger partial charge is 0.497 e. The van der Waals surface area contributed by atoms with Gasteiger partial charge in [-0.15, -0.1) is 0 Å². The maximum absolute atomic E-state index is 12.0. The molecule has 180 valence electrons.